The normalized spacial score (nSPS) is 9.86. The van der Waals surface area contributed by atoms with Crippen LogP contribution in [-0.4, -0.2) is 13.4 Å². The van der Waals surface area contributed by atoms with E-state index < -0.39 is 0 Å². The molecule has 0 aromatic heterocycles. The number of carbonyl (C=O) groups excluding carboxylic acids is 1. The van der Waals surface area contributed by atoms with E-state index in [1.54, 1.807) is 7.11 Å². The van der Waals surface area contributed by atoms with Crippen molar-refractivity contribution in [1.82, 2.24) is 0 Å². The lowest BCUT2D eigenvalue weighted by atomic mass is 10.0. The van der Waals surface area contributed by atoms with Crippen LogP contribution in [0.25, 0.3) is 0 Å². The van der Waals surface area contributed by atoms with Gasteiger partial charge < -0.3 is 4.74 Å². The standard InChI is InChI=1S/C12H16O2/c1-3-4-6-10-7-5-8-12(14-2)11(10)9-13/h5,7-9H,3-4,6H2,1-2H3. The zero-order valence-corrected chi connectivity index (χ0v) is 8.75. The number of aldehydes is 1. The Hall–Kier alpha value is -1.31. The van der Waals surface area contributed by atoms with E-state index in [1.165, 1.54) is 0 Å². The van der Waals surface area contributed by atoms with Gasteiger partial charge in [0.2, 0.25) is 0 Å². The van der Waals surface area contributed by atoms with Crippen molar-refractivity contribution < 1.29 is 9.53 Å². The van der Waals surface area contributed by atoms with E-state index >= 15 is 0 Å². The third-order valence-electron chi connectivity index (χ3n) is 2.29. The van der Waals surface area contributed by atoms with Gasteiger partial charge in [-0.05, 0) is 24.5 Å². The van der Waals surface area contributed by atoms with Gasteiger partial charge in [-0.2, -0.15) is 0 Å². The molecule has 0 spiro atoms. The molecule has 0 saturated heterocycles. The highest BCUT2D eigenvalue weighted by molar-refractivity contribution is 5.81. The molecule has 0 aliphatic rings. The molecule has 1 aromatic carbocycles. The fourth-order valence-electron chi connectivity index (χ4n) is 1.49. The van der Waals surface area contributed by atoms with Gasteiger partial charge in [0.15, 0.2) is 6.29 Å². The molecule has 2 heteroatoms. The van der Waals surface area contributed by atoms with Crippen molar-refractivity contribution in [3.05, 3.63) is 29.3 Å². The molecule has 0 aliphatic carbocycles. The maximum atomic E-state index is 10.9. The van der Waals surface area contributed by atoms with Crippen LogP contribution in [0.5, 0.6) is 5.75 Å². The zero-order valence-electron chi connectivity index (χ0n) is 8.75. The second kappa shape index (κ2) is 5.43. The Balaban J connectivity index is 2.96. The molecule has 2 nitrogen and oxygen atoms in total. The molecule has 1 aromatic rings. The lowest BCUT2D eigenvalue weighted by Gasteiger charge is -2.08. The van der Waals surface area contributed by atoms with Gasteiger partial charge in [0.1, 0.15) is 5.75 Å². The summed E-state index contributed by atoms with van der Waals surface area (Å²) in [5, 5.41) is 0. The summed E-state index contributed by atoms with van der Waals surface area (Å²) in [5.74, 6) is 0.675. The molecule has 0 bridgehead atoms. The van der Waals surface area contributed by atoms with E-state index in [0.717, 1.165) is 31.1 Å². The SMILES string of the molecule is CCCCc1cccc(OC)c1C=O. The minimum Gasteiger partial charge on any atom is -0.496 e. The van der Waals surface area contributed by atoms with Gasteiger partial charge in [-0.15, -0.1) is 0 Å². The lowest BCUT2D eigenvalue weighted by Crippen LogP contribution is -1.97. The van der Waals surface area contributed by atoms with Crippen LogP contribution in [-0.2, 0) is 6.42 Å². The molecule has 1 rings (SSSR count). The third-order valence-corrected chi connectivity index (χ3v) is 2.29. The summed E-state index contributed by atoms with van der Waals surface area (Å²) >= 11 is 0. The molecule has 0 aliphatic heterocycles. The number of methoxy groups -OCH3 is 1. The van der Waals surface area contributed by atoms with E-state index in [4.69, 9.17) is 4.74 Å². The number of ether oxygens (including phenoxy) is 1. The van der Waals surface area contributed by atoms with Crippen molar-refractivity contribution in [2.24, 2.45) is 0 Å². The highest BCUT2D eigenvalue weighted by atomic mass is 16.5. The molecule has 0 fully saturated rings. The average Bonchev–Trinajstić information content (AvgIpc) is 2.25. The molecular formula is C12H16O2. The van der Waals surface area contributed by atoms with Gasteiger partial charge in [-0.25, -0.2) is 0 Å². The smallest absolute Gasteiger partial charge is 0.154 e. The van der Waals surface area contributed by atoms with Crippen molar-refractivity contribution in [3.63, 3.8) is 0 Å². The molecule has 14 heavy (non-hydrogen) atoms. The number of benzene rings is 1. The van der Waals surface area contributed by atoms with E-state index in [9.17, 15) is 4.79 Å². The monoisotopic (exact) mass is 192 g/mol. The van der Waals surface area contributed by atoms with E-state index in [1.807, 2.05) is 18.2 Å². The summed E-state index contributed by atoms with van der Waals surface area (Å²) in [6.45, 7) is 2.14. The van der Waals surface area contributed by atoms with Gasteiger partial charge in [0.25, 0.3) is 0 Å². The Labute approximate surface area is 84.9 Å². The quantitative estimate of drug-likeness (QED) is 0.670. The van der Waals surface area contributed by atoms with Gasteiger partial charge in [-0.3, -0.25) is 4.79 Å². The van der Waals surface area contributed by atoms with Crippen LogP contribution < -0.4 is 4.74 Å². The summed E-state index contributed by atoms with van der Waals surface area (Å²) in [6, 6.07) is 5.73. The number of rotatable bonds is 5. The molecule has 0 saturated carbocycles. The van der Waals surface area contributed by atoms with Crippen LogP contribution in [0.2, 0.25) is 0 Å². The molecule has 0 heterocycles. The van der Waals surface area contributed by atoms with Crippen LogP contribution >= 0.6 is 0 Å². The van der Waals surface area contributed by atoms with Crippen molar-refractivity contribution in [2.75, 3.05) is 7.11 Å². The lowest BCUT2D eigenvalue weighted by molar-refractivity contribution is 0.111. The molecule has 0 N–H and O–H groups in total. The minimum atomic E-state index is 0.675. The maximum absolute atomic E-state index is 10.9. The number of hydrogen-bond acceptors (Lipinski definition) is 2. The van der Waals surface area contributed by atoms with Crippen LogP contribution in [0, 0.1) is 0 Å². The molecule has 0 atom stereocenters. The first-order valence-corrected chi connectivity index (χ1v) is 4.94. The first-order chi connectivity index (χ1) is 6.83. The first-order valence-electron chi connectivity index (χ1n) is 4.94. The largest absolute Gasteiger partial charge is 0.496 e. The van der Waals surface area contributed by atoms with E-state index in [2.05, 4.69) is 6.92 Å². The van der Waals surface area contributed by atoms with Gasteiger partial charge in [-0.1, -0.05) is 25.5 Å². The fraction of sp³-hybridized carbons (Fsp3) is 0.417. The minimum absolute atomic E-state index is 0.675. The fourth-order valence-corrected chi connectivity index (χ4v) is 1.49. The predicted octanol–water partition coefficient (Wildman–Crippen LogP) is 2.85. The molecule has 0 radical (unpaired) electrons. The van der Waals surface area contributed by atoms with Crippen molar-refractivity contribution >= 4 is 6.29 Å². The van der Waals surface area contributed by atoms with E-state index in [-0.39, 0.29) is 0 Å². The Morgan fingerprint density at radius 2 is 2.21 bits per heavy atom. The van der Waals surface area contributed by atoms with Crippen molar-refractivity contribution in [3.8, 4) is 5.75 Å². The second-order valence-electron chi connectivity index (χ2n) is 3.25. The number of aryl methyl sites for hydroxylation is 1. The molecule has 76 valence electrons. The molecule has 0 amide bonds. The number of hydrogen-bond donors (Lipinski definition) is 0. The molecular weight excluding hydrogens is 176 g/mol. The maximum Gasteiger partial charge on any atom is 0.154 e. The summed E-state index contributed by atoms with van der Waals surface area (Å²) in [6.07, 6.45) is 4.06. The predicted molar refractivity (Wildman–Crippen MR) is 57.0 cm³/mol. The highest BCUT2D eigenvalue weighted by Gasteiger charge is 2.06. The number of carbonyl (C=O) groups is 1. The molecule has 0 unspecified atom stereocenters. The van der Waals surface area contributed by atoms with Crippen LogP contribution in [0.1, 0.15) is 35.7 Å². The third kappa shape index (κ3) is 2.34. The summed E-state index contributed by atoms with van der Waals surface area (Å²) in [4.78, 5) is 10.9. The zero-order chi connectivity index (χ0) is 10.4. The van der Waals surface area contributed by atoms with Crippen LogP contribution in [0.3, 0.4) is 0 Å². The number of unbranched alkanes of at least 4 members (excludes halogenated alkanes) is 1. The van der Waals surface area contributed by atoms with Gasteiger partial charge in [0, 0.05) is 0 Å². The van der Waals surface area contributed by atoms with Crippen LogP contribution in [0.4, 0.5) is 0 Å². The topological polar surface area (TPSA) is 26.3 Å². The average molecular weight is 192 g/mol. The highest BCUT2D eigenvalue weighted by Crippen LogP contribution is 2.21. The van der Waals surface area contributed by atoms with Gasteiger partial charge >= 0.3 is 0 Å². The van der Waals surface area contributed by atoms with Crippen LogP contribution in [0.15, 0.2) is 18.2 Å². The summed E-state index contributed by atoms with van der Waals surface area (Å²) in [7, 11) is 1.59. The first kappa shape index (κ1) is 10.8. The van der Waals surface area contributed by atoms with Crippen molar-refractivity contribution in [1.29, 1.82) is 0 Å². The second-order valence-corrected chi connectivity index (χ2v) is 3.25. The summed E-state index contributed by atoms with van der Waals surface area (Å²) < 4.78 is 5.13. The Morgan fingerprint density at radius 3 is 2.79 bits per heavy atom. The summed E-state index contributed by atoms with van der Waals surface area (Å²) in [5.41, 5.74) is 1.78. The Bertz CT molecular complexity index is 305. The van der Waals surface area contributed by atoms with E-state index in [0.29, 0.717) is 11.3 Å². The Morgan fingerprint density at radius 1 is 1.43 bits per heavy atom. The Kier molecular flexibility index (Phi) is 4.17. The van der Waals surface area contributed by atoms with Gasteiger partial charge in [0.05, 0.1) is 12.7 Å². The van der Waals surface area contributed by atoms with Crippen molar-refractivity contribution in [2.45, 2.75) is 26.2 Å².